The van der Waals surface area contributed by atoms with Gasteiger partial charge in [0.15, 0.2) is 0 Å². The maximum absolute atomic E-state index is 13.5. The normalized spacial score (nSPS) is 10.3. The molecule has 98 valence electrons. The number of halogens is 3. The molecule has 1 heterocycles. The molecule has 2 rings (SSSR count). The molecule has 1 aromatic heterocycles. The number of aromatic amines is 1. The second-order valence-electron chi connectivity index (χ2n) is 3.61. The summed E-state index contributed by atoms with van der Waals surface area (Å²) >= 11 is 2.82. The van der Waals surface area contributed by atoms with Gasteiger partial charge in [0.2, 0.25) is 0 Å². The van der Waals surface area contributed by atoms with Crippen LogP contribution in [0.1, 0.15) is 10.4 Å². The van der Waals surface area contributed by atoms with E-state index in [2.05, 4.69) is 26.2 Å². The van der Waals surface area contributed by atoms with Crippen molar-refractivity contribution in [2.45, 2.75) is 0 Å². The molecule has 1 amide bonds. The monoisotopic (exact) mass is 328 g/mol. The van der Waals surface area contributed by atoms with E-state index >= 15 is 0 Å². The molecule has 0 saturated heterocycles. The molecule has 0 radical (unpaired) electrons. The summed E-state index contributed by atoms with van der Waals surface area (Å²) in [6.45, 7) is 0. The maximum atomic E-state index is 13.5. The highest BCUT2D eigenvalue weighted by Crippen LogP contribution is 2.23. The zero-order valence-electron chi connectivity index (χ0n) is 9.34. The number of H-pyrrole nitrogens is 1. The molecule has 0 aliphatic heterocycles. The van der Waals surface area contributed by atoms with Gasteiger partial charge in [0.05, 0.1) is 10.2 Å². The Balaban J connectivity index is 2.32. The van der Waals surface area contributed by atoms with Crippen LogP contribution in [-0.4, -0.2) is 10.9 Å². The van der Waals surface area contributed by atoms with E-state index in [1.807, 2.05) is 0 Å². The third kappa shape index (κ3) is 2.87. The molecule has 0 fully saturated rings. The van der Waals surface area contributed by atoms with Crippen molar-refractivity contribution in [3.63, 3.8) is 0 Å². The minimum atomic E-state index is -0.817. The fourth-order valence-corrected chi connectivity index (χ4v) is 1.72. The molecule has 7 heteroatoms. The predicted octanol–water partition coefficient (Wildman–Crippen LogP) is 2.67. The summed E-state index contributed by atoms with van der Waals surface area (Å²) in [6.07, 6.45) is 1.36. The third-order valence-electron chi connectivity index (χ3n) is 2.32. The molecule has 0 bridgehead atoms. The molecule has 0 spiro atoms. The summed E-state index contributed by atoms with van der Waals surface area (Å²) in [4.78, 5) is 25.4. The van der Waals surface area contributed by atoms with Gasteiger partial charge in [-0.15, -0.1) is 0 Å². The van der Waals surface area contributed by atoms with Crippen molar-refractivity contribution in [1.82, 2.24) is 4.98 Å². The predicted molar refractivity (Wildman–Crippen MR) is 69.1 cm³/mol. The minimum absolute atomic E-state index is 0.0550. The Labute approximate surface area is 114 Å². The average Bonchev–Trinajstić information content (AvgIpc) is 2.36. The van der Waals surface area contributed by atoms with E-state index < -0.39 is 23.1 Å². The number of hydrogen-bond donors (Lipinski definition) is 2. The number of pyridine rings is 1. The zero-order chi connectivity index (χ0) is 14.0. The first-order valence-electron chi connectivity index (χ1n) is 5.12. The van der Waals surface area contributed by atoms with E-state index in [9.17, 15) is 18.4 Å². The lowest BCUT2D eigenvalue weighted by Crippen LogP contribution is -2.23. The smallest absolute Gasteiger partial charge is 0.261 e. The second-order valence-corrected chi connectivity index (χ2v) is 4.47. The van der Waals surface area contributed by atoms with Crippen molar-refractivity contribution < 1.29 is 13.6 Å². The first-order chi connectivity index (χ1) is 8.99. The van der Waals surface area contributed by atoms with E-state index in [1.54, 1.807) is 0 Å². The minimum Gasteiger partial charge on any atom is -0.328 e. The summed E-state index contributed by atoms with van der Waals surface area (Å²) in [5.74, 6) is -2.35. The van der Waals surface area contributed by atoms with Gasteiger partial charge in [-0.2, -0.15) is 0 Å². The largest absolute Gasteiger partial charge is 0.328 e. The first kappa shape index (κ1) is 13.4. The van der Waals surface area contributed by atoms with E-state index in [0.717, 1.165) is 12.1 Å². The van der Waals surface area contributed by atoms with Crippen LogP contribution in [0.5, 0.6) is 0 Å². The number of carbonyl (C=O) groups is 1. The summed E-state index contributed by atoms with van der Waals surface area (Å²) in [6, 6.07) is 4.45. The highest BCUT2D eigenvalue weighted by Gasteiger charge is 2.14. The summed E-state index contributed by atoms with van der Waals surface area (Å²) in [5, 5.41) is 2.14. The average molecular weight is 329 g/mol. The zero-order valence-corrected chi connectivity index (χ0v) is 10.9. The van der Waals surface area contributed by atoms with Crippen LogP contribution in [0.3, 0.4) is 0 Å². The van der Waals surface area contributed by atoms with Gasteiger partial charge >= 0.3 is 0 Å². The third-order valence-corrected chi connectivity index (χ3v) is 2.93. The van der Waals surface area contributed by atoms with Crippen molar-refractivity contribution >= 4 is 27.5 Å². The molecular formula is C12H7BrF2N2O2. The van der Waals surface area contributed by atoms with E-state index in [1.165, 1.54) is 18.3 Å². The Morgan fingerprint density at radius 3 is 2.68 bits per heavy atom. The van der Waals surface area contributed by atoms with Gasteiger partial charge in [0.25, 0.3) is 11.5 Å². The van der Waals surface area contributed by atoms with Crippen LogP contribution in [0, 0.1) is 11.6 Å². The van der Waals surface area contributed by atoms with Crippen LogP contribution < -0.4 is 10.9 Å². The number of benzene rings is 1. The van der Waals surface area contributed by atoms with Crippen molar-refractivity contribution in [3.05, 3.63) is 62.5 Å². The Hall–Kier alpha value is -2.02. The van der Waals surface area contributed by atoms with Gasteiger partial charge in [-0.1, -0.05) is 0 Å². The van der Waals surface area contributed by atoms with Gasteiger partial charge in [0, 0.05) is 12.3 Å². The van der Waals surface area contributed by atoms with Crippen molar-refractivity contribution in [3.8, 4) is 0 Å². The molecule has 2 aromatic rings. The van der Waals surface area contributed by atoms with Gasteiger partial charge in [-0.05, 0) is 34.1 Å². The highest BCUT2D eigenvalue weighted by atomic mass is 79.9. The lowest BCUT2D eigenvalue weighted by molar-refractivity contribution is 0.102. The maximum Gasteiger partial charge on any atom is 0.261 e. The van der Waals surface area contributed by atoms with E-state index in [-0.39, 0.29) is 15.7 Å². The molecule has 19 heavy (non-hydrogen) atoms. The van der Waals surface area contributed by atoms with Crippen LogP contribution in [-0.2, 0) is 0 Å². The van der Waals surface area contributed by atoms with Gasteiger partial charge in [0.1, 0.15) is 17.2 Å². The number of nitrogens with one attached hydrogen (secondary N) is 2. The van der Waals surface area contributed by atoms with Crippen molar-refractivity contribution in [2.24, 2.45) is 0 Å². The Morgan fingerprint density at radius 2 is 2.00 bits per heavy atom. The fraction of sp³-hybridized carbons (Fsp3) is 0. The lowest BCUT2D eigenvalue weighted by Gasteiger charge is -2.06. The standard InChI is InChI=1S/C12H7BrF2N2O2/c13-7-4-9(15)10(5-8(7)14)17-12(19)6-2-1-3-16-11(6)18/h1-5H,(H,16,18)(H,17,19). The molecule has 0 unspecified atom stereocenters. The number of rotatable bonds is 2. The summed E-state index contributed by atoms with van der Waals surface area (Å²) < 4.78 is 26.7. The number of carbonyl (C=O) groups excluding carboxylic acids is 1. The van der Waals surface area contributed by atoms with Gasteiger partial charge < -0.3 is 10.3 Å². The number of anilines is 1. The number of aromatic nitrogens is 1. The summed E-state index contributed by atoms with van der Waals surface area (Å²) in [5.41, 5.74) is -1.14. The summed E-state index contributed by atoms with van der Waals surface area (Å²) in [7, 11) is 0. The second kappa shape index (κ2) is 5.31. The SMILES string of the molecule is O=C(Nc1cc(F)c(Br)cc1F)c1ccc[nH]c1=O. The van der Waals surface area contributed by atoms with Gasteiger partial charge in [-0.25, -0.2) is 8.78 Å². The number of hydrogen-bond acceptors (Lipinski definition) is 2. The molecular weight excluding hydrogens is 322 g/mol. The molecule has 0 atom stereocenters. The molecule has 1 aromatic carbocycles. The van der Waals surface area contributed by atoms with Gasteiger partial charge in [-0.3, -0.25) is 9.59 Å². The fourth-order valence-electron chi connectivity index (χ4n) is 1.41. The van der Waals surface area contributed by atoms with Crippen LogP contribution in [0.15, 0.2) is 39.7 Å². The van der Waals surface area contributed by atoms with E-state index in [4.69, 9.17) is 0 Å². The number of amides is 1. The van der Waals surface area contributed by atoms with Crippen LogP contribution >= 0.6 is 15.9 Å². The van der Waals surface area contributed by atoms with E-state index in [0.29, 0.717) is 0 Å². The first-order valence-corrected chi connectivity index (χ1v) is 5.92. The Morgan fingerprint density at radius 1 is 1.26 bits per heavy atom. The quantitative estimate of drug-likeness (QED) is 0.832. The molecule has 2 N–H and O–H groups in total. The Kier molecular flexibility index (Phi) is 3.75. The Bertz CT molecular complexity index is 700. The van der Waals surface area contributed by atoms with Crippen molar-refractivity contribution in [1.29, 1.82) is 0 Å². The van der Waals surface area contributed by atoms with Crippen LogP contribution in [0.25, 0.3) is 0 Å². The highest BCUT2D eigenvalue weighted by molar-refractivity contribution is 9.10. The molecule has 0 saturated carbocycles. The molecule has 0 aliphatic carbocycles. The molecule has 0 aliphatic rings. The van der Waals surface area contributed by atoms with Crippen LogP contribution in [0.2, 0.25) is 0 Å². The topological polar surface area (TPSA) is 62.0 Å². The van der Waals surface area contributed by atoms with Crippen LogP contribution in [0.4, 0.5) is 14.5 Å². The molecule has 4 nitrogen and oxygen atoms in total. The van der Waals surface area contributed by atoms with Crippen molar-refractivity contribution in [2.75, 3.05) is 5.32 Å². The lowest BCUT2D eigenvalue weighted by atomic mass is 10.2.